The molecule has 4 nitrogen and oxygen atoms in total. The number of fused-ring (bicyclic) bond motifs is 6. The van der Waals surface area contributed by atoms with Crippen LogP contribution in [0, 0.1) is 0 Å². The van der Waals surface area contributed by atoms with Crippen molar-refractivity contribution >= 4 is 43.7 Å². The first-order valence-electron chi connectivity index (χ1n) is 7.60. The third kappa shape index (κ3) is 1.47. The van der Waals surface area contributed by atoms with Gasteiger partial charge in [0.2, 0.25) is 0 Å². The molecule has 0 atom stereocenters. The Kier molecular flexibility index (Phi) is 2.32. The van der Waals surface area contributed by atoms with Crippen molar-refractivity contribution < 1.29 is 4.84 Å². The van der Waals surface area contributed by atoms with Gasteiger partial charge < -0.3 is 9.40 Å². The van der Waals surface area contributed by atoms with Crippen LogP contribution in [0.4, 0.5) is 0 Å². The van der Waals surface area contributed by atoms with Crippen LogP contribution in [0.3, 0.4) is 0 Å². The molecule has 4 heteroatoms. The summed E-state index contributed by atoms with van der Waals surface area (Å²) in [5, 5.41) is 3.60. The highest BCUT2D eigenvalue weighted by Crippen LogP contribution is 2.35. The third-order valence-corrected chi connectivity index (χ3v) is 4.69. The average molecular weight is 301 g/mol. The number of aromatic nitrogens is 3. The summed E-state index contributed by atoms with van der Waals surface area (Å²) in [6, 6.07) is 16.9. The van der Waals surface area contributed by atoms with Gasteiger partial charge in [-0.05, 0) is 30.3 Å². The summed E-state index contributed by atoms with van der Waals surface area (Å²) < 4.78 is 4.10. The molecule has 0 bridgehead atoms. The van der Waals surface area contributed by atoms with Crippen LogP contribution in [0.1, 0.15) is 0 Å². The summed E-state index contributed by atoms with van der Waals surface area (Å²) in [6.45, 7) is 0. The zero-order valence-corrected chi connectivity index (χ0v) is 12.9. The number of rotatable bonds is 1. The summed E-state index contributed by atoms with van der Waals surface area (Å²) in [5.41, 5.74) is 5.45. The van der Waals surface area contributed by atoms with Crippen LogP contribution in [-0.4, -0.2) is 21.4 Å². The molecule has 3 heterocycles. The summed E-state index contributed by atoms with van der Waals surface area (Å²) in [5.74, 6) is 0. The van der Waals surface area contributed by atoms with Gasteiger partial charge in [-0.15, -0.1) is 0 Å². The molecule has 0 N–H and O–H groups in total. The zero-order valence-electron chi connectivity index (χ0n) is 12.9. The predicted octanol–water partition coefficient (Wildman–Crippen LogP) is 3.89. The highest BCUT2D eigenvalue weighted by Gasteiger charge is 2.16. The molecule has 0 aliphatic rings. The van der Waals surface area contributed by atoms with Crippen molar-refractivity contribution in [2.45, 2.75) is 0 Å². The molecule has 112 valence electrons. The largest absolute Gasteiger partial charge is 0.416 e. The minimum atomic E-state index is 0.969. The molecule has 2 aromatic carbocycles. The average Bonchev–Trinajstić information content (AvgIpc) is 3.06. The van der Waals surface area contributed by atoms with E-state index in [2.05, 4.69) is 53.0 Å². The topological polar surface area (TPSA) is 32.0 Å². The van der Waals surface area contributed by atoms with Crippen molar-refractivity contribution in [3.8, 4) is 0 Å². The Labute approximate surface area is 132 Å². The minimum Gasteiger partial charge on any atom is -0.416 e. The monoisotopic (exact) mass is 301 g/mol. The normalized spacial score (nSPS) is 11.9. The Bertz CT molecular complexity index is 1210. The summed E-state index contributed by atoms with van der Waals surface area (Å²) in [6.07, 6.45) is 1.83. The van der Waals surface area contributed by atoms with Gasteiger partial charge >= 0.3 is 0 Å². The van der Waals surface area contributed by atoms with Gasteiger partial charge in [0.05, 0.1) is 11.0 Å². The van der Waals surface area contributed by atoms with E-state index in [4.69, 9.17) is 4.84 Å². The van der Waals surface area contributed by atoms with Crippen molar-refractivity contribution in [2.75, 3.05) is 7.11 Å². The molecule has 0 fully saturated rings. The van der Waals surface area contributed by atoms with E-state index in [0.717, 1.165) is 21.9 Å². The maximum Gasteiger partial charge on any atom is 0.107 e. The lowest BCUT2D eigenvalue weighted by molar-refractivity contribution is 0.190. The molecule has 5 aromatic rings. The third-order valence-electron chi connectivity index (χ3n) is 4.69. The van der Waals surface area contributed by atoms with Gasteiger partial charge in [-0.2, -0.15) is 4.73 Å². The Balaban J connectivity index is 2.08. The molecule has 0 aliphatic heterocycles. The first kappa shape index (κ1) is 12.5. The van der Waals surface area contributed by atoms with Crippen molar-refractivity contribution in [2.24, 2.45) is 7.05 Å². The van der Waals surface area contributed by atoms with Crippen molar-refractivity contribution in [3.05, 3.63) is 54.7 Å². The maximum atomic E-state index is 5.62. The standard InChI is InChI=1S/C19H15N3O/c1-21-15-7-4-3-6-12(15)13-10-18-14(11-17(13)21)19-16(22(18)23-2)8-5-9-20-19/h3-11H,1-2H3. The highest BCUT2D eigenvalue weighted by molar-refractivity contribution is 6.16. The van der Waals surface area contributed by atoms with Gasteiger partial charge in [0.1, 0.15) is 12.6 Å². The van der Waals surface area contributed by atoms with E-state index < -0.39 is 0 Å². The van der Waals surface area contributed by atoms with Crippen LogP contribution in [-0.2, 0) is 7.05 Å². The minimum absolute atomic E-state index is 0.969. The molecule has 0 saturated carbocycles. The number of benzene rings is 2. The van der Waals surface area contributed by atoms with Gasteiger partial charge in [-0.25, -0.2) is 0 Å². The highest BCUT2D eigenvalue weighted by atomic mass is 16.6. The second-order valence-corrected chi connectivity index (χ2v) is 5.81. The molecule has 0 saturated heterocycles. The molecule has 3 aromatic heterocycles. The molecule has 0 aliphatic carbocycles. The lowest BCUT2D eigenvalue weighted by Gasteiger charge is -2.04. The smallest absolute Gasteiger partial charge is 0.107 e. The van der Waals surface area contributed by atoms with E-state index in [-0.39, 0.29) is 0 Å². The van der Waals surface area contributed by atoms with Crippen molar-refractivity contribution in [3.63, 3.8) is 0 Å². The quantitative estimate of drug-likeness (QED) is 0.470. The predicted molar refractivity (Wildman–Crippen MR) is 93.7 cm³/mol. The fourth-order valence-corrected chi connectivity index (χ4v) is 3.65. The number of hydrogen-bond acceptors (Lipinski definition) is 2. The molecule has 5 rings (SSSR count). The molecule has 0 unspecified atom stereocenters. The lowest BCUT2D eigenvalue weighted by atomic mass is 10.1. The Hall–Kier alpha value is -3.01. The summed E-state index contributed by atoms with van der Waals surface area (Å²) >= 11 is 0. The van der Waals surface area contributed by atoms with Crippen molar-refractivity contribution in [1.82, 2.24) is 14.3 Å². The zero-order chi connectivity index (χ0) is 15.6. The van der Waals surface area contributed by atoms with Crippen LogP contribution >= 0.6 is 0 Å². The van der Waals surface area contributed by atoms with E-state index in [0.29, 0.717) is 0 Å². The second-order valence-electron chi connectivity index (χ2n) is 5.81. The SMILES string of the molecule is COn1c2cc3c4ccccc4n(C)c3cc2c2ncccc21. The van der Waals surface area contributed by atoms with E-state index in [9.17, 15) is 0 Å². The van der Waals surface area contributed by atoms with Gasteiger partial charge in [0.15, 0.2) is 0 Å². The summed E-state index contributed by atoms with van der Waals surface area (Å²) in [7, 11) is 3.80. The fraction of sp³-hybridized carbons (Fsp3) is 0.105. The molecule has 0 spiro atoms. The first-order chi connectivity index (χ1) is 11.3. The van der Waals surface area contributed by atoms with Gasteiger partial charge in [-0.3, -0.25) is 4.98 Å². The maximum absolute atomic E-state index is 5.62. The second kappa shape index (κ2) is 4.26. The van der Waals surface area contributed by atoms with Crippen LogP contribution in [0.15, 0.2) is 54.7 Å². The Morgan fingerprint density at radius 2 is 1.61 bits per heavy atom. The van der Waals surface area contributed by atoms with E-state index in [1.807, 2.05) is 23.1 Å². The molecule has 0 radical (unpaired) electrons. The lowest BCUT2D eigenvalue weighted by Crippen LogP contribution is -2.04. The fourth-order valence-electron chi connectivity index (χ4n) is 3.65. The van der Waals surface area contributed by atoms with Crippen LogP contribution in [0.2, 0.25) is 0 Å². The van der Waals surface area contributed by atoms with Crippen LogP contribution in [0.5, 0.6) is 0 Å². The summed E-state index contributed by atoms with van der Waals surface area (Å²) in [4.78, 5) is 10.2. The van der Waals surface area contributed by atoms with Gasteiger partial charge in [-0.1, -0.05) is 18.2 Å². The molecule has 23 heavy (non-hydrogen) atoms. The molecule has 0 amide bonds. The van der Waals surface area contributed by atoms with E-state index >= 15 is 0 Å². The van der Waals surface area contributed by atoms with Gasteiger partial charge in [0, 0.05) is 40.4 Å². The van der Waals surface area contributed by atoms with E-state index in [1.165, 1.54) is 21.8 Å². The number of pyridine rings is 1. The number of nitrogens with zero attached hydrogens (tertiary/aromatic N) is 3. The van der Waals surface area contributed by atoms with Gasteiger partial charge in [0.25, 0.3) is 0 Å². The molecular weight excluding hydrogens is 286 g/mol. The first-order valence-corrected chi connectivity index (χ1v) is 7.60. The van der Waals surface area contributed by atoms with Crippen LogP contribution in [0.25, 0.3) is 43.7 Å². The van der Waals surface area contributed by atoms with Crippen molar-refractivity contribution in [1.29, 1.82) is 0 Å². The Morgan fingerprint density at radius 3 is 2.48 bits per heavy atom. The Morgan fingerprint density at radius 1 is 0.826 bits per heavy atom. The van der Waals surface area contributed by atoms with E-state index in [1.54, 1.807) is 7.11 Å². The number of aryl methyl sites for hydroxylation is 1. The molecular formula is C19H15N3O. The number of para-hydroxylation sites is 1. The number of hydrogen-bond donors (Lipinski definition) is 0. The van der Waals surface area contributed by atoms with Crippen LogP contribution < -0.4 is 4.84 Å².